The maximum absolute atomic E-state index is 3.70. The minimum Gasteiger partial charge on any atom is -0.309 e. The van der Waals surface area contributed by atoms with Gasteiger partial charge in [0.25, 0.3) is 0 Å². The smallest absolute Gasteiger partial charge is 0.0253 e. The zero-order valence-corrected chi connectivity index (χ0v) is 13.7. The average molecular weight is 274 g/mol. The van der Waals surface area contributed by atoms with Crippen molar-refractivity contribution in [2.24, 2.45) is 5.92 Å². The third-order valence-corrected chi connectivity index (χ3v) is 4.50. The van der Waals surface area contributed by atoms with Gasteiger partial charge in [-0.2, -0.15) is 0 Å². The molecule has 1 aromatic carbocycles. The quantitative estimate of drug-likeness (QED) is 0.906. The summed E-state index contributed by atoms with van der Waals surface area (Å²) < 4.78 is 0. The van der Waals surface area contributed by atoms with Crippen molar-refractivity contribution < 1.29 is 0 Å². The average Bonchev–Trinajstić information content (AvgIpc) is 2.38. The van der Waals surface area contributed by atoms with Gasteiger partial charge in [-0.15, -0.1) is 0 Å². The maximum Gasteiger partial charge on any atom is 0.0253 e. The summed E-state index contributed by atoms with van der Waals surface area (Å²) >= 11 is 0. The molecule has 2 atom stereocenters. The van der Waals surface area contributed by atoms with Gasteiger partial charge in [-0.3, -0.25) is 4.90 Å². The van der Waals surface area contributed by atoms with Crippen LogP contribution in [0.5, 0.6) is 0 Å². The Morgan fingerprint density at radius 2 is 1.85 bits per heavy atom. The highest BCUT2D eigenvalue weighted by Gasteiger charge is 2.36. The summed E-state index contributed by atoms with van der Waals surface area (Å²) in [6, 6.07) is 12.1. The minimum atomic E-state index is 0.219. The summed E-state index contributed by atoms with van der Waals surface area (Å²) in [6.07, 6.45) is 1.14. The molecule has 1 aliphatic heterocycles. The van der Waals surface area contributed by atoms with Gasteiger partial charge < -0.3 is 5.32 Å². The first-order chi connectivity index (χ1) is 9.39. The molecule has 1 fully saturated rings. The first-order valence-electron chi connectivity index (χ1n) is 7.94. The number of rotatable bonds is 4. The number of piperazine rings is 1. The van der Waals surface area contributed by atoms with E-state index in [2.05, 4.69) is 75.2 Å². The highest BCUT2D eigenvalue weighted by Crippen LogP contribution is 2.24. The third kappa shape index (κ3) is 3.83. The molecule has 0 radical (unpaired) electrons. The van der Waals surface area contributed by atoms with E-state index in [4.69, 9.17) is 0 Å². The lowest BCUT2D eigenvalue weighted by Crippen LogP contribution is -2.65. The molecule has 2 heteroatoms. The van der Waals surface area contributed by atoms with Gasteiger partial charge in [0.2, 0.25) is 0 Å². The van der Waals surface area contributed by atoms with Crippen LogP contribution in [-0.2, 0) is 6.42 Å². The molecule has 1 N–H and O–H groups in total. The van der Waals surface area contributed by atoms with Crippen LogP contribution in [0.25, 0.3) is 0 Å². The number of nitrogens with zero attached hydrogens (tertiary/aromatic N) is 1. The predicted molar refractivity (Wildman–Crippen MR) is 87.0 cm³/mol. The number of benzene rings is 1. The summed E-state index contributed by atoms with van der Waals surface area (Å²) in [5.74, 6) is 0.692. The summed E-state index contributed by atoms with van der Waals surface area (Å²) in [7, 11) is 0. The molecule has 1 aromatic rings. The Hall–Kier alpha value is -0.860. The third-order valence-electron chi connectivity index (χ3n) is 4.50. The van der Waals surface area contributed by atoms with Crippen molar-refractivity contribution in [3.8, 4) is 0 Å². The molecule has 20 heavy (non-hydrogen) atoms. The highest BCUT2D eigenvalue weighted by atomic mass is 15.3. The standard InChI is InChI=1S/C18H30N2/c1-14(2)17-12-19-18(4,5)13-20(17)15(3)11-16-9-7-6-8-10-16/h6-10,14-15,17,19H,11-13H2,1-5H3. The van der Waals surface area contributed by atoms with E-state index < -0.39 is 0 Å². The van der Waals surface area contributed by atoms with E-state index in [1.165, 1.54) is 5.56 Å². The van der Waals surface area contributed by atoms with Crippen LogP contribution >= 0.6 is 0 Å². The largest absolute Gasteiger partial charge is 0.309 e. The molecule has 0 bridgehead atoms. The normalized spacial score (nSPS) is 24.8. The van der Waals surface area contributed by atoms with Crippen molar-refractivity contribution in [1.29, 1.82) is 0 Å². The summed E-state index contributed by atoms with van der Waals surface area (Å²) in [5.41, 5.74) is 1.66. The van der Waals surface area contributed by atoms with Gasteiger partial charge in [0.1, 0.15) is 0 Å². The van der Waals surface area contributed by atoms with Crippen LogP contribution in [0.3, 0.4) is 0 Å². The summed E-state index contributed by atoms with van der Waals surface area (Å²) in [5, 5.41) is 3.70. The fraction of sp³-hybridized carbons (Fsp3) is 0.667. The van der Waals surface area contributed by atoms with Gasteiger partial charge in [-0.25, -0.2) is 0 Å². The second kappa shape index (κ2) is 6.28. The van der Waals surface area contributed by atoms with Crippen LogP contribution in [0.4, 0.5) is 0 Å². The van der Waals surface area contributed by atoms with E-state index in [0.717, 1.165) is 19.5 Å². The van der Waals surface area contributed by atoms with Crippen LogP contribution in [0, 0.1) is 5.92 Å². The molecule has 112 valence electrons. The van der Waals surface area contributed by atoms with Gasteiger partial charge >= 0.3 is 0 Å². The lowest BCUT2D eigenvalue weighted by atomic mass is 9.90. The molecule has 0 saturated carbocycles. The first-order valence-corrected chi connectivity index (χ1v) is 7.94. The Morgan fingerprint density at radius 1 is 1.20 bits per heavy atom. The zero-order chi connectivity index (χ0) is 14.8. The zero-order valence-electron chi connectivity index (χ0n) is 13.7. The Bertz CT molecular complexity index is 411. The Kier molecular flexibility index (Phi) is 4.87. The van der Waals surface area contributed by atoms with Crippen LogP contribution in [0.1, 0.15) is 40.2 Å². The van der Waals surface area contributed by atoms with E-state index in [1.54, 1.807) is 0 Å². The molecule has 0 amide bonds. The summed E-state index contributed by atoms with van der Waals surface area (Å²) in [6.45, 7) is 13.9. The van der Waals surface area contributed by atoms with Gasteiger partial charge in [0, 0.05) is 30.7 Å². The van der Waals surface area contributed by atoms with Crippen molar-refractivity contribution in [2.45, 2.75) is 58.7 Å². The number of hydrogen-bond donors (Lipinski definition) is 1. The fourth-order valence-corrected chi connectivity index (χ4v) is 3.30. The molecule has 2 unspecified atom stereocenters. The minimum absolute atomic E-state index is 0.219. The Morgan fingerprint density at radius 3 is 2.45 bits per heavy atom. The van der Waals surface area contributed by atoms with Crippen molar-refractivity contribution >= 4 is 0 Å². The number of hydrogen-bond acceptors (Lipinski definition) is 2. The van der Waals surface area contributed by atoms with Crippen LogP contribution in [0.15, 0.2) is 30.3 Å². The van der Waals surface area contributed by atoms with E-state index >= 15 is 0 Å². The molecule has 1 aliphatic rings. The lowest BCUT2D eigenvalue weighted by molar-refractivity contribution is 0.0377. The predicted octanol–water partition coefficient (Wildman–Crippen LogP) is 3.33. The second-order valence-electron chi connectivity index (χ2n) is 7.29. The lowest BCUT2D eigenvalue weighted by Gasteiger charge is -2.49. The first kappa shape index (κ1) is 15.5. The molecular weight excluding hydrogens is 244 g/mol. The Labute approximate surface area is 124 Å². The van der Waals surface area contributed by atoms with Gasteiger partial charge in [0.15, 0.2) is 0 Å². The molecular formula is C18H30N2. The van der Waals surface area contributed by atoms with E-state index in [0.29, 0.717) is 18.0 Å². The molecule has 1 saturated heterocycles. The van der Waals surface area contributed by atoms with Crippen molar-refractivity contribution in [3.05, 3.63) is 35.9 Å². The van der Waals surface area contributed by atoms with Crippen molar-refractivity contribution in [3.63, 3.8) is 0 Å². The second-order valence-corrected chi connectivity index (χ2v) is 7.29. The van der Waals surface area contributed by atoms with Crippen molar-refractivity contribution in [2.75, 3.05) is 13.1 Å². The van der Waals surface area contributed by atoms with E-state index in [9.17, 15) is 0 Å². The van der Waals surface area contributed by atoms with E-state index in [1.807, 2.05) is 0 Å². The van der Waals surface area contributed by atoms with Gasteiger partial charge in [-0.05, 0) is 38.7 Å². The molecule has 2 rings (SSSR count). The fourth-order valence-electron chi connectivity index (χ4n) is 3.30. The molecule has 0 aliphatic carbocycles. The van der Waals surface area contributed by atoms with E-state index in [-0.39, 0.29) is 5.54 Å². The van der Waals surface area contributed by atoms with Crippen molar-refractivity contribution in [1.82, 2.24) is 10.2 Å². The molecule has 1 heterocycles. The van der Waals surface area contributed by atoms with Gasteiger partial charge in [-0.1, -0.05) is 44.2 Å². The Balaban J connectivity index is 2.09. The van der Waals surface area contributed by atoms with Crippen LogP contribution in [0.2, 0.25) is 0 Å². The topological polar surface area (TPSA) is 15.3 Å². The van der Waals surface area contributed by atoms with Crippen LogP contribution in [-0.4, -0.2) is 35.6 Å². The summed E-state index contributed by atoms with van der Waals surface area (Å²) in [4.78, 5) is 2.72. The highest BCUT2D eigenvalue weighted by molar-refractivity contribution is 5.16. The molecule has 0 spiro atoms. The number of nitrogens with one attached hydrogen (secondary N) is 1. The molecule has 0 aromatic heterocycles. The monoisotopic (exact) mass is 274 g/mol. The molecule has 2 nitrogen and oxygen atoms in total. The van der Waals surface area contributed by atoms with Gasteiger partial charge in [0.05, 0.1) is 0 Å². The SMILES string of the molecule is CC(C)C1CNC(C)(C)CN1C(C)Cc1ccccc1. The maximum atomic E-state index is 3.70. The van der Waals surface area contributed by atoms with Crippen LogP contribution < -0.4 is 5.32 Å².